The number of rotatable bonds is 5. The average molecular weight is 233 g/mol. The molecule has 3 N–H and O–H groups in total. The Balaban J connectivity index is 2.44. The van der Waals surface area contributed by atoms with Crippen molar-refractivity contribution in [3.63, 3.8) is 0 Å². The van der Waals surface area contributed by atoms with Crippen LogP contribution in [0.15, 0.2) is 18.2 Å². The Morgan fingerprint density at radius 3 is 2.47 bits per heavy atom. The maximum atomic E-state index is 11.6. The van der Waals surface area contributed by atoms with Gasteiger partial charge in [-0.1, -0.05) is 0 Å². The maximum Gasteiger partial charge on any atom is 0.251 e. The maximum absolute atomic E-state index is 11.6. The van der Waals surface area contributed by atoms with E-state index in [1.54, 1.807) is 0 Å². The standard InChI is InChI=1S/C13H15NO3/c1-2-3-4-5-6-14-13(17)10-7-11(15)9-12(16)8-10/h1,7-9,15-16H,3-6H2,(H,14,17). The minimum absolute atomic E-state index is 0.137. The number of terminal acetylenes is 1. The molecule has 0 saturated carbocycles. The second-order valence-corrected chi connectivity index (χ2v) is 3.66. The zero-order valence-corrected chi connectivity index (χ0v) is 9.44. The Morgan fingerprint density at radius 2 is 1.88 bits per heavy atom. The highest BCUT2D eigenvalue weighted by Gasteiger charge is 2.07. The summed E-state index contributed by atoms with van der Waals surface area (Å²) in [6.07, 6.45) is 7.47. The highest BCUT2D eigenvalue weighted by Crippen LogP contribution is 2.20. The number of nitrogens with one attached hydrogen (secondary N) is 1. The number of aromatic hydroxyl groups is 2. The monoisotopic (exact) mass is 233 g/mol. The quantitative estimate of drug-likeness (QED) is 0.535. The molecule has 0 atom stereocenters. The van der Waals surface area contributed by atoms with Gasteiger partial charge in [-0.05, 0) is 25.0 Å². The summed E-state index contributed by atoms with van der Waals surface area (Å²) < 4.78 is 0. The van der Waals surface area contributed by atoms with Crippen molar-refractivity contribution in [1.29, 1.82) is 0 Å². The third-order valence-electron chi connectivity index (χ3n) is 2.20. The van der Waals surface area contributed by atoms with Crippen LogP contribution in [0.1, 0.15) is 29.6 Å². The third-order valence-corrected chi connectivity index (χ3v) is 2.20. The van der Waals surface area contributed by atoms with Crippen molar-refractivity contribution >= 4 is 5.91 Å². The summed E-state index contributed by atoms with van der Waals surface area (Å²) in [5, 5.41) is 21.1. The fourth-order valence-corrected chi connectivity index (χ4v) is 1.38. The smallest absolute Gasteiger partial charge is 0.251 e. The summed E-state index contributed by atoms with van der Waals surface area (Å²) in [6, 6.07) is 3.77. The van der Waals surface area contributed by atoms with Gasteiger partial charge in [-0.15, -0.1) is 12.3 Å². The molecule has 0 radical (unpaired) electrons. The van der Waals surface area contributed by atoms with E-state index in [0.29, 0.717) is 13.0 Å². The molecular weight excluding hydrogens is 218 g/mol. The molecular formula is C13H15NO3. The molecule has 0 heterocycles. The molecule has 0 aromatic heterocycles. The molecule has 1 rings (SSSR count). The first-order valence-corrected chi connectivity index (χ1v) is 5.38. The topological polar surface area (TPSA) is 69.6 Å². The van der Waals surface area contributed by atoms with Gasteiger partial charge in [0.05, 0.1) is 0 Å². The molecule has 0 unspecified atom stereocenters. The van der Waals surface area contributed by atoms with Gasteiger partial charge in [-0.3, -0.25) is 4.79 Å². The molecule has 0 spiro atoms. The van der Waals surface area contributed by atoms with Gasteiger partial charge in [0.25, 0.3) is 5.91 Å². The summed E-state index contributed by atoms with van der Waals surface area (Å²) in [5.41, 5.74) is 0.236. The van der Waals surface area contributed by atoms with E-state index in [1.165, 1.54) is 18.2 Å². The van der Waals surface area contributed by atoms with Gasteiger partial charge in [0.1, 0.15) is 11.5 Å². The van der Waals surface area contributed by atoms with E-state index >= 15 is 0 Å². The normalized spacial score (nSPS) is 9.59. The van der Waals surface area contributed by atoms with Gasteiger partial charge < -0.3 is 15.5 Å². The van der Waals surface area contributed by atoms with Crippen molar-refractivity contribution in [1.82, 2.24) is 5.32 Å². The van der Waals surface area contributed by atoms with Gasteiger partial charge in [0, 0.05) is 24.6 Å². The van der Waals surface area contributed by atoms with Gasteiger partial charge in [0.2, 0.25) is 0 Å². The predicted octanol–water partition coefficient (Wildman–Crippen LogP) is 1.63. The zero-order chi connectivity index (χ0) is 12.7. The van der Waals surface area contributed by atoms with Crippen LogP contribution in [0.3, 0.4) is 0 Å². The molecule has 90 valence electrons. The Morgan fingerprint density at radius 1 is 1.24 bits per heavy atom. The lowest BCUT2D eigenvalue weighted by atomic mass is 10.2. The minimum Gasteiger partial charge on any atom is -0.508 e. The van der Waals surface area contributed by atoms with Crippen LogP contribution in [0.25, 0.3) is 0 Å². The molecule has 1 aromatic rings. The lowest BCUT2D eigenvalue weighted by Gasteiger charge is -2.05. The fraction of sp³-hybridized carbons (Fsp3) is 0.308. The molecule has 4 heteroatoms. The number of amides is 1. The van der Waals surface area contributed by atoms with E-state index in [9.17, 15) is 15.0 Å². The molecule has 17 heavy (non-hydrogen) atoms. The molecule has 0 aliphatic rings. The fourth-order valence-electron chi connectivity index (χ4n) is 1.38. The van der Waals surface area contributed by atoms with Crippen molar-refractivity contribution < 1.29 is 15.0 Å². The highest BCUT2D eigenvalue weighted by atomic mass is 16.3. The average Bonchev–Trinajstić information content (AvgIpc) is 2.27. The van der Waals surface area contributed by atoms with Crippen molar-refractivity contribution in [3.8, 4) is 23.8 Å². The SMILES string of the molecule is C#CCCCCNC(=O)c1cc(O)cc(O)c1. The number of unbranched alkanes of at least 4 members (excludes halogenated alkanes) is 2. The van der Waals surface area contributed by atoms with E-state index in [0.717, 1.165) is 12.8 Å². The van der Waals surface area contributed by atoms with Crippen LogP contribution in [-0.2, 0) is 0 Å². The molecule has 1 amide bonds. The van der Waals surface area contributed by atoms with Crippen LogP contribution >= 0.6 is 0 Å². The molecule has 0 aliphatic carbocycles. The van der Waals surface area contributed by atoms with E-state index in [2.05, 4.69) is 11.2 Å². The summed E-state index contributed by atoms with van der Waals surface area (Å²) >= 11 is 0. The van der Waals surface area contributed by atoms with Crippen molar-refractivity contribution in [2.75, 3.05) is 6.54 Å². The molecule has 0 bridgehead atoms. The van der Waals surface area contributed by atoms with Gasteiger partial charge in [0.15, 0.2) is 0 Å². The lowest BCUT2D eigenvalue weighted by Crippen LogP contribution is -2.24. The third kappa shape index (κ3) is 4.47. The van der Waals surface area contributed by atoms with Crippen molar-refractivity contribution in [3.05, 3.63) is 23.8 Å². The summed E-state index contributed by atoms with van der Waals surface area (Å²) in [4.78, 5) is 11.6. The molecule has 0 fully saturated rings. The predicted molar refractivity (Wildman–Crippen MR) is 64.8 cm³/mol. The number of carbonyl (C=O) groups excluding carboxylic acids is 1. The largest absolute Gasteiger partial charge is 0.508 e. The lowest BCUT2D eigenvalue weighted by molar-refractivity contribution is 0.0952. The number of hydrogen-bond donors (Lipinski definition) is 3. The Bertz CT molecular complexity index is 415. The molecule has 0 saturated heterocycles. The van der Waals surface area contributed by atoms with Gasteiger partial charge in [-0.25, -0.2) is 0 Å². The number of carbonyl (C=O) groups is 1. The summed E-state index contributed by atoms with van der Waals surface area (Å²) in [5.74, 6) is 1.93. The molecule has 4 nitrogen and oxygen atoms in total. The Hall–Kier alpha value is -2.15. The number of phenols is 2. The van der Waals surface area contributed by atoms with Crippen molar-refractivity contribution in [2.24, 2.45) is 0 Å². The molecule has 0 aliphatic heterocycles. The second kappa shape index (κ2) is 6.44. The summed E-state index contributed by atoms with van der Waals surface area (Å²) in [7, 11) is 0. The highest BCUT2D eigenvalue weighted by molar-refractivity contribution is 5.94. The van der Waals surface area contributed by atoms with E-state index in [4.69, 9.17) is 6.42 Å². The zero-order valence-electron chi connectivity index (χ0n) is 9.44. The van der Waals surface area contributed by atoms with Crippen LogP contribution in [-0.4, -0.2) is 22.7 Å². The second-order valence-electron chi connectivity index (χ2n) is 3.66. The first-order chi connectivity index (χ1) is 8.13. The van der Waals surface area contributed by atoms with Crippen LogP contribution in [0.5, 0.6) is 11.5 Å². The number of hydrogen-bond acceptors (Lipinski definition) is 3. The van der Waals surface area contributed by atoms with Crippen LogP contribution in [0.2, 0.25) is 0 Å². The van der Waals surface area contributed by atoms with E-state index < -0.39 is 0 Å². The van der Waals surface area contributed by atoms with Crippen molar-refractivity contribution in [2.45, 2.75) is 19.3 Å². The van der Waals surface area contributed by atoms with Gasteiger partial charge >= 0.3 is 0 Å². The van der Waals surface area contributed by atoms with Crippen LogP contribution in [0.4, 0.5) is 0 Å². The van der Waals surface area contributed by atoms with Crippen LogP contribution in [0, 0.1) is 12.3 Å². The first-order valence-electron chi connectivity index (χ1n) is 5.38. The first kappa shape index (κ1) is 12.9. The van der Waals surface area contributed by atoms with Crippen LogP contribution < -0.4 is 5.32 Å². The number of benzene rings is 1. The van der Waals surface area contributed by atoms with E-state index in [-0.39, 0.29) is 23.0 Å². The number of phenolic OH excluding ortho intramolecular Hbond substituents is 2. The minimum atomic E-state index is -0.322. The Kier molecular flexibility index (Phi) is 4.89. The summed E-state index contributed by atoms with van der Waals surface area (Å²) in [6.45, 7) is 0.525. The molecule has 1 aromatic carbocycles. The van der Waals surface area contributed by atoms with E-state index in [1.807, 2.05) is 0 Å². The van der Waals surface area contributed by atoms with Gasteiger partial charge in [-0.2, -0.15) is 0 Å². The Labute approximate surface area is 100 Å².